The summed E-state index contributed by atoms with van der Waals surface area (Å²) in [4.78, 5) is 0. The van der Waals surface area contributed by atoms with Gasteiger partial charge in [0.2, 0.25) is 21.5 Å². The minimum Gasteiger partial charge on any atom is -0.502 e. The second-order valence-corrected chi connectivity index (χ2v) is 5.59. The number of furan rings is 1. The van der Waals surface area contributed by atoms with Crippen molar-refractivity contribution in [2.24, 2.45) is 0 Å². The molecule has 0 unspecified atom stereocenters. The van der Waals surface area contributed by atoms with Crippen molar-refractivity contribution in [2.45, 2.75) is 0 Å². The van der Waals surface area contributed by atoms with E-state index in [4.69, 9.17) is 4.42 Å². The van der Waals surface area contributed by atoms with Gasteiger partial charge in [-0.1, -0.05) is 12.1 Å². The summed E-state index contributed by atoms with van der Waals surface area (Å²) >= 11 is 0. The molecule has 0 radical (unpaired) electrons. The molecule has 1 aromatic carbocycles. The maximum atomic E-state index is 13.1. The maximum Gasteiger partial charge on any atom is 0.253 e. The Morgan fingerprint density at radius 2 is 1.95 bits per heavy atom. The summed E-state index contributed by atoms with van der Waals surface area (Å²) in [5.74, 6) is -2.76. The monoisotopic (exact) mass is 287 g/mol. The minimum atomic E-state index is -3.68. The SMILES string of the molecule is CS(=O)(=O)Nc1oc(-c2cccc(F)c2)c(O)c1O. The van der Waals surface area contributed by atoms with Crippen LogP contribution < -0.4 is 4.72 Å². The molecular weight excluding hydrogens is 277 g/mol. The van der Waals surface area contributed by atoms with Gasteiger partial charge >= 0.3 is 0 Å². The van der Waals surface area contributed by atoms with Gasteiger partial charge in [-0.05, 0) is 12.1 Å². The number of benzene rings is 1. The molecule has 102 valence electrons. The molecule has 0 spiro atoms. The Kier molecular flexibility index (Phi) is 3.11. The van der Waals surface area contributed by atoms with Crippen molar-refractivity contribution in [1.29, 1.82) is 0 Å². The maximum absolute atomic E-state index is 13.1. The number of halogens is 1. The van der Waals surface area contributed by atoms with E-state index >= 15 is 0 Å². The van der Waals surface area contributed by atoms with E-state index in [1.165, 1.54) is 18.2 Å². The van der Waals surface area contributed by atoms with Gasteiger partial charge in [0.25, 0.3) is 5.88 Å². The van der Waals surface area contributed by atoms with Crippen LogP contribution in [0.25, 0.3) is 11.3 Å². The van der Waals surface area contributed by atoms with E-state index in [0.717, 1.165) is 12.3 Å². The first-order valence-electron chi connectivity index (χ1n) is 5.06. The quantitative estimate of drug-likeness (QED) is 0.800. The lowest BCUT2D eigenvalue weighted by Gasteiger charge is -1.99. The number of aromatic hydroxyl groups is 2. The average Bonchev–Trinajstić information content (AvgIpc) is 2.55. The van der Waals surface area contributed by atoms with Crippen molar-refractivity contribution in [1.82, 2.24) is 0 Å². The Bertz CT molecular complexity index is 723. The Hall–Kier alpha value is -2.22. The molecular formula is C11H10FNO5S. The third kappa shape index (κ3) is 2.79. The van der Waals surface area contributed by atoms with Crippen LogP contribution in [0.3, 0.4) is 0 Å². The summed E-state index contributed by atoms with van der Waals surface area (Å²) in [6, 6.07) is 5.08. The number of nitrogens with one attached hydrogen (secondary N) is 1. The van der Waals surface area contributed by atoms with Crippen LogP contribution >= 0.6 is 0 Å². The van der Waals surface area contributed by atoms with Crippen molar-refractivity contribution in [3.05, 3.63) is 30.1 Å². The Morgan fingerprint density at radius 1 is 1.26 bits per heavy atom. The fourth-order valence-electron chi connectivity index (χ4n) is 1.48. The van der Waals surface area contributed by atoms with E-state index in [9.17, 15) is 23.0 Å². The van der Waals surface area contributed by atoms with Gasteiger partial charge in [0.15, 0.2) is 5.76 Å². The molecule has 0 amide bonds. The Labute approximate surface area is 108 Å². The van der Waals surface area contributed by atoms with Crippen LogP contribution in [0, 0.1) is 5.82 Å². The lowest BCUT2D eigenvalue weighted by atomic mass is 10.1. The molecule has 1 heterocycles. The molecule has 19 heavy (non-hydrogen) atoms. The van der Waals surface area contributed by atoms with Crippen molar-refractivity contribution >= 4 is 15.9 Å². The van der Waals surface area contributed by atoms with Crippen LogP contribution in [0.1, 0.15) is 0 Å². The fourth-order valence-corrected chi connectivity index (χ4v) is 1.95. The van der Waals surface area contributed by atoms with Crippen molar-refractivity contribution in [3.8, 4) is 22.8 Å². The normalized spacial score (nSPS) is 11.5. The van der Waals surface area contributed by atoms with E-state index in [2.05, 4.69) is 0 Å². The highest BCUT2D eigenvalue weighted by molar-refractivity contribution is 7.92. The van der Waals surface area contributed by atoms with E-state index in [0.29, 0.717) is 0 Å². The lowest BCUT2D eigenvalue weighted by molar-refractivity contribution is 0.410. The molecule has 6 nitrogen and oxygen atoms in total. The smallest absolute Gasteiger partial charge is 0.253 e. The highest BCUT2D eigenvalue weighted by Crippen LogP contribution is 2.45. The molecule has 0 aliphatic rings. The Morgan fingerprint density at radius 3 is 2.53 bits per heavy atom. The molecule has 0 bridgehead atoms. The largest absolute Gasteiger partial charge is 0.502 e. The molecule has 1 aromatic heterocycles. The molecule has 0 fully saturated rings. The van der Waals surface area contributed by atoms with Crippen molar-refractivity contribution < 1.29 is 27.4 Å². The summed E-state index contributed by atoms with van der Waals surface area (Å²) in [6.45, 7) is 0. The van der Waals surface area contributed by atoms with Crippen LogP contribution in [0.4, 0.5) is 10.3 Å². The molecule has 2 rings (SSSR count). The van der Waals surface area contributed by atoms with Gasteiger partial charge in [0.1, 0.15) is 5.82 Å². The molecule has 0 aliphatic carbocycles. The van der Waals surface area contributed by atoms with E-state index in [-0.39, 0.29) is 11.3 Å². The molecule has 0 saturated carbocycles. The zero-order valence-corrected chi connectivity index (χ0v) is 10.5. The van der Waals surface area contributed by atoms with Crippen LogP contribution in [0.5, 0.6) is 11.5 Å². The van der Waals surface area contributed by atoms with Crippen LogP contribution in [-0.2, 0) is 10.0 Å². The minimum absolute atomic E-state index is 0.161. The fraction of sp³-hybridized carbons (Fsp3) is 0.0909. The Balaban J connectivity index is 2.52. The second kappa shape index (κ2) is 4.47. The van der Waals surface area contributed by atoms with Gasteiger partial charge in [-0.25, -0.2) is 12.8 Å². The van der Waals surface area contributed by atoms with Gasteiger partial charge in [0.05, 0.1) is 6.26 Å². The van der Waals surface area contributed by atoms with Gasteiger partial charge in [-0.15, -0.1) is 0 Å². The van der Waals surface area contributed by atoms with Crippen molar-refractivity contribution in [2.75, 3.05) is 11.0 Å². The molecule has 3 N–H and O–H groups in total. The number of anilines is 1. The summed E-state index contributed by atoms with van der Waals surface area (Å²) in [5.41, 5.74) is 0.161. The number of sulfonamides is 1. The zero-order valence-electron chi connectivity index (χ0n) is 9.71. The van der Waals surface area contributed by atoms with Crippen LogP contribution in [-0.4, -0.2) is 24.9 Å². The van der Waals surface area contributed by atoms with E-state index in [1.807, 2.05) is 4.72 Å². The first-order chi connectivity index (χ1) is 8.78. The van der Waals surface area contributed by atoms with Gasteiger partial charge < -0.3 is 14.6 Å². The topological polar surface area (TPSA) is 99.8 Å². The average molecular weight is 287 g/mol. The molecule has 2 aromatic rings. The predicted molar refractivity (Wildman–Crippen MR) is 65.9 cm³/mol. The molecule has 8 heteroatoms. The van der Waals surface area contributed by atoms with Gasteiger partial charge in [-0.2, -0.15) is 0 Å². The van der Waals surface area contributed by atoms with Crippen LogP contribution in [0.2, 0.25) is 0 Å². The first-order valence-corrected chi connectivity index (χ1v) is 6.95. The third-order valence-corrected chi connectivity index (χ3v) is 2.78. The summed E-state index contributed by atoms with van der Waals surface area (Å²) in [5, 5.41) is 19.2. The summed E-state index contributed by atoms with van der Waals surface area (Å²) < 4.78 is 42.0. The summed E-state index contributed by atoms with van der Waals surface area (Å²) in [7, 11) is -3.68. The highest BCUT2D eigenvalue weighted by Gasteiger charge is 2.22. The predicted octanol–water partition coefficient (Wildman–Crippen LogP) is 1.87. The van der Waals surface area contributed by atoms with Crippen LogP contribution in [0.15, 0.2) is 28.7 Å². The van der Waals surface area contributed by atoms with E-state index < -0.39 is 33.2 Å². The number of hydrogen-bond acceptors (Lipinski definition) is 5. The molecule has 0 saturated heterocycles. The lowest BCUT2D eigenvalue weighted by Crippen LogP contribution is -2.08. The van der Waals surface area contributed by atoms with E-state index in [1.54, 1.807) is 0 Å². The third-order valence-electron chi connectivity index (χ3n) is 2.22. The van der Waals surface area contributed by atoms with Crippen molar-refractivity contribution in [3.63, 3.8) is 0 Å². The second-order valence-electron chi connectivity index (χ2n) is 3.84. The zero-order chi connectivity index (χ0) is 14.2. The van der Waals surface area contributed by atoms with Gasteiger partial charge in [0, 0.05) is 5.56 Å². The molecule has 0 atom stereocenters. The number of hydrogen-bond donors (Lipinski definition) is 3. The standard InChI is InChI=1S/C11H10FNO5S/c1-19(16,17)13-11-9(15)8(14)10(18-11)6-3-2-4-7(12)5-6/h2-5,13-15H,1H3. The molecule has 0 aliphatic heterocycles. The summed E-state index contributed by atoms with van der Waals surface area (Å²) in [6.07, 6.45) is 0.855. The number of rotatable bonds is 3. The highest BCUT2D eigenvalue weighted by atomic mass is 32.2. The first kappa shape index (κ1) is 13.2. The van der Waals surface area contributed by atoms with Gasteiger partial charge in [-0.3, -0.25) is 4.72 Å².